The highest BCUT2D eigenvalue weighted by atomic mass is 32.1. The van der Waals surface area contributed by atoms with Crippen LogP contribution < -0.4 is 5.32 Å². The van der Waals surface area contributed by atoms with Crippen molar-refractivity contribution in [1.29, 1.82) is 0 Å². The van der Waals surface area contributed by atoms with Crippen molar-refractivity contribution < 1.29 is 29.3 Å². The van der Waals surface area contributed by atoms with E-state index >= 15 is 0 Å². The number of amides is 1. The molecule has 0 radical (unpaired) electrons. The number of ether oxygens (including phenoxy) is 1. The van der Waals surface area contributed by atoms with Crippen molar-refractivity contribution in [2.75, 3.05) is 12.4 Å². The first-order valence-corrected chi connectivity index (χ1v) is 5.99. The molecule has 0 fully saturated rings. The van der Waals surface area contributed by atoms with E-state index in [2.05, 4.69) is 10.3 Å². The molecule has 1 heterocycles. The average molecular weight is 288 g/mol. The number of anilines is 1. The molecule has 0 aliphatic heterocycles. The number of hydrogen-bond acceptors (Lipinski definition) is 6. The standard InChI is InChI=1S/C10H12N2O6S/c1-18-4-5-8(9(16)17)19-10(11-5)12-6(13)2-3-7(14)15/h2-4H2,1H3,(H,14,15)(H,16,17)(H,11,12,13). The van der Waals surface area contributed by atoms with Crippen LogP contribution in [-0.4, -0.2) is 40.2 Å². The minimum Gasteiger partial charge on any atom is -0.481 e. The van der Waals surface area contributed by atoms with E-state index in [1.54, 1.807) is 0 Å². The molecule has 0 atom stereocenters. The molecule has 1 aromatic rings. The Morgan fingerprint density at radius 2 is 2.00 bits per heavy atom. The molecule has 19 heavy (non-hydrogen) atoms. The van der Waals surface area contributed by atoms with Gasteiger partial charge in [0.2, 0.25) is 5.91 Å². The normalized spacial score (nSPS) is 10.2. The maximum Gasteiger partial charge on any atom is 0.347 e. The number of carbonyl (C=O) groups is 3. The Bertz CT molecular complexity index is 498. The van der Waals surface area contributed by atoms with E-state index in [9.17, 15) is 14.4 Å². The quantitative estimate of drug-likeness (QED) is 0.677. The summed E-state index contributed by atoms with van der Waals surface area (Å²) >= 11 is 0.800. The molecular formula is C10H12N2O6S. The number of hydrogen-bond donors (Lipinski definition) is 3. The van der Waals surface area contributed by atoms with Crippen molar-refractivity contribution in [2.45, 2.75) is 19.4 Å². The first-order chi connectivity index (χ1) is 8.93. The number of nitrogens with zero attached hydrogens (tertiary/aromatic N) is 1. The summed E-state index contributed by atoms with van der Waals surface area (Å²) in [5.41, 5.74) is 0.216. The summed E-state index contributed by atoms with van der Waals surface area (Å²) in [5, 5.41) is 19.8. The van der Waals surface area contributed by atoms with Gasteiger partial charge in [0.05, 0.1) is 18.7 Å². The predicted molar refractivity (Wildman–Crippen MR) is 65.3 cm³/mol. The van der Waals surface area contributed by atoms with Crippen LogP contribution in [0, 0.1) is 0 Å². The third-order valence-corrected chi connectivity index (χ3v) is 2.99. The van der Waals surface area contributed by atoms with E-state index in [0.29, 0.717) is 0 Å². The van der Waals surface area contributed by atoms with Crippen LogP contribution in [0.4, 0.5) is 5.13 Å². The molecular weight excluding hydrogens is 276 g/mol. The summed E-state index contributed by atoms with van der Waals surface area (Å²) in [4.78, 5) is 36.5. The fourth-order valence-electron chi connectivity index (χ4n) is 1.21. The number of aliphatic carboxylic acids is 1. The fourth-order valence-corrected chi connectivity index (χ4v) is 2.03. The number of aromatic carboxylic acids is 1. The molecule has 0 aliphatic rings. The molecule has 9 heteroatoms. The van der Waals surface area contributed by atoms with E-state index in [0.717, 1.165) is 11.3 Å². The maximum absolute atomic E-state index is 11.4. The van der Waals surface area contributed by atoms with Crippen molar-refractivity contribution in [2.24, 2.45) is 0 Å². The van der Waals surface area contributed by atoms with Crippen LogP contribution in [0.2, 0.25) is 0 Å². The van der Waals surface area contributed by atoms with E-state index in [1.807, 2.05) is 0 Å². The second-order valence-electron chi connectivity index (χ2n) is 3.47. The highest BCUT2D eigenvalue weighted by Gasteiger charge is 2.18. The molecule has 1 rings (SSSR count). The van der Waals surface area contributed by atoms with Crippen molar-refractivity contribution in [3.8, 4) is 0 Å². The first-order valence-electron chi connectivity index (χ1n) is 5.17. The molecule has 0 bridgehead atoms. The van der Waals surface area contributed by atoms with Gasteiger partial charge in [-0.05, 0) is 0 Å². The summed E-state index contributed by atoms with van der Waals surface area (Å²) < 4.78 is 4.81. The average Bonchev–Trinajstić information content (AvgIpc) is 2.70. The Morgan fingerprint density at radius 3 is 2.53 bits per heavy atom. The van der Waals surface area contributed by atoms with E-state index in [4.69, 9.17) is 14.9 Å². The van der Waals surface area contributed by atoms with E-state index < -0.39 is 17.8 Å². The maximum atomic E-state index is 11.4. The zero-order valence-corrected chi connectivity index (χ0v) is 10.8. The predicted octanol–water partition coefficient (Wildman–Crippen LogP) is 0.791. The van der Waals surface area contributed by atoms with Crippen molar-refractivity contribution in [3.05, 3.63) is 10.6 Å². The summed E-state index contributed by atoms with van der Waals surface area (Å²) in [6.07, 6.45) is -0.495. The minimum atomic E-state index is -1.16. The molecule has 0 spiro atoms. The Morgan fingerprint density at radius 1 is 1.32 bits per heavy atom. The number of carboxylic acid groups (broad SMARTS) is 2. The number of methoxy groups -OCH3 is 1. The lowest BCUT2D eigenvalue weighted by molar-refractivity contribution is -0.138. The second kappa shape index (κ2) is 6.81. The molecule has 0 saturated heterocycles. The summed E-state index contributed by atoms with van der Waals surface area (Å²) in [6.45, 7) is 0.0170. The first kappa shape index (κ1) is 15.1. The Hall–Kier alpha value is -2.00. The van der Waals surface area contributed by atoms with Crippen molar-refractivity contribution in [3.63, 3.8) is 0 Å². The van der Waals surface area contributed by atoms with Gasteiger partial charge in [0, 0.05) is 13.5 Å². The zero-order valence-electron chi connectivity index (χ0n) is 10.0. The van der Waals surface area contributed by atoms with Crippen LogP contribution >= 0.6 is 11.3 Å². The number of carboxylic acids is 2. The van der Waals surface area contributed by atoms with Gasteiger partial charge in [-0.15, -0.1) is 0 Å². The summed E-state index contributed by atoms with van der Waals surface area (Å²) in [6, 6.07) is 0. The molecule has 0 aromatic carbocycles. The zero-order chi connectivity index (χ0) is 14.4. The fraction of sp³-hybridized carbons (Fsp3) is 0.400. The van der Waals surface area contributed by atoms with Crippen molar-refractivity contribution >= 4 is 34.3 Å². The smallest absolute Gasteiger partial charge is 0.347 e. The van der Waals surface area contributed by atoms with Gasteiger partial charge < -0.3 is 20.3 Å². The number of rotatable bonds is 7. The van der Waals surface area contributed by atoms with Gasteiger partial charge in [0.1, 0.15) is 4.88 Å². The van der Waals surface area contributed by atoms with Crippen LogP contribution in [0.15, 0.2) is 0 Å². The Labute approximate surface area is 112 Å². The number of thiazole rings is 1. The molecule has 1 amide bonds. The summed E-state index contributed by atoms with van der Waals surface area (Å²) in [7, 11) is 1.40. The highest BCUT2D eigenvalue weighted by molar-refractivity contribution is 7.17. The third kappa shape index (κ3) is 4.64. The Kier molecular flexibility index (Phi) is 5.39. The van der Waals surface area contributed by atoms with Gasteiger partial charge in [0.25, 0.3) is 0 Å². The van der Waals surface area contributed by atoms with Gasteiger partial charge in [-0.1, -0.05) is 11.3 Å². The van der Waals surface area contributed by atoms with Crippen molar-refractivity contribution in [1.82, 2.24) is 4.98 Å². The number of carbonyl (C=O) groups excluding carboxylic acids is 1. The monoisotopic (exact) mass is 288 g/mol. The van der Waals surface area contributed by atoms with Crippen LogP contribution in [-0.2, 0) is 20.9 Å². The van der Waals surface area contributed by atoms with Gasteiger partial charge >= 0.3 is 11.9 Å². The molecule has 0 aliphatic carbocycles. The lowest BCUT2D eigenvalue weighted by Gasteiger charge is -1.98. The third-order valence-electron chi connectivity index (χ3n) is 1.98. The highest BCUT2D eigenvalue weighted by Crippen LogP contribution is 2.23. The second-order valence-corrected chi connectivity index (χ2v) is 4.47. The lowest BCUT2D eigenvalue weighted by Crippen LogP contribution is -2.13. The Balaban J connectivity index is 2.73. The van der Waals surface area contributed by atoms with Gasteiger partial charge in [-0.3, -0.25) is 9.59 Å². The molecule has 1 aromatic heterocycles. The van der Waals surface area contributed by atoms with Crippen LogP contribution in [0.25, 0.3) is 0 Å². The SMILES string of the molecule is COCc1nc(NC(=O)CCC(=O)O)sc1C(=O)O. The number of nitrogens with one attached hydrogen (secondary N) is 1. The van der Waals surface area contributed by atoms with Crippen LogP contribution in [0.5, 0.6) is 0 Å². The van der Waals surface area contributed by atoms with Crippen LogP contribution in [0.3, 0.4) is 0 Å². The van der Waals surface area contributed by atoms with Gasteiger partial charge in [-0.25, -0.2) is 9.78 Å². The minimum absolute atomic E-state index is 0.0170. The number of aromatic nitrogens is 1. The lowest BCUT2D eigenvalue weighted by atomic mass is 10.3. The molecule has 0 unspecified atom stereocenters. The topological polar surface area (TPSA) is 126 Å². The van der Waals surface area contributed by atoms with E-state index in [1.165, 1.54) is 7.11 Å². The molecule has 104 valence electrons. The largest absolute Gasteiger partial charge is 0.481 e. The molecule has 3 N–H and O–H groups in total. The molecule has 8 nitrogen and oxygen atoms in total. The van der Waals surface area contributed by atoms with Gasteiger partial charge in [-0.2, -0.15) is 0 Å². The summed E-state index contributed by atoms with van der Waals surface area (Å²) in [5.74, 6) is -2.77. The van der Waals surface area contributed by atoms with Gasteiger partial charge in [0.15, 0.2) is 5.13 Å². The van der Waals surface area contributed by atoms with E-state index in [-0.39, 0.29) is 35.2 Å². The molecule has 0 saturated carbocycles. The van der Waals surface area contributed by atoms with Crippen LogP contribution in [0.1, 0.15) is 28.2 Å².